The van der Waals surface area contributed by atoms with Gasteiger partial charge in [0, 0.05) is 26.4 Å². The molecule has 0 saturated carbocycles. The predicted molar refractivity (Wildman–Crippen MR) is 83.7 cm³/mol. The fraction of sp³-hybridized carbons (Fsp3) is 0.692. The number of halogens is 1. The SMILES string of the molecule is CCCn1cc(I)c(=O)n(CCC(C)(C)OC)c1=O. The second-order valence-corrected chi connectivity index (χ2v) is 6.29. The van der Waals surface area contributed by atoms with E-state index in [2.05, 4.69) is 0 Å². The largest absolute Gasteiger partial charge is 0.379 e. The van der Waals surface area contributed by atoms with Crippen molar-refractivity contribution in [2.45, 2.75) is 52.3 Å². The van der Waals surface area contributed by atoms with Gasteiger partial charge in [-0.05, 0) is 49.3 Å². The van der Waals surface area contributed by atoms with Crippen LogP contribution in [0.1, 0.15) is 33.6 Å². The maximum Gasteiger partial charge on any atom is 0.331 e. The van der Waals surface area contributed by atoms with Gasteiger partial charge in [-0.15, -0.1) is 0 Å². The van der Waals surface area contributed by atoms with E-state index in [9.17, 15) is 9.59 Å². The Bertz CT molecular complexity index is 546. The normalized spacial score (nSPS) is 11.8. The molecule has 0 bridgehead atoms. The molecule has 1 heterocycles. The zero-order valence-corrected chi connectivity index (χ0v) is 14.1. The number of ether oxygens (including phenoxy) is 1. The molecule has 0 unspecified atom stereocenters. The summed E-state index contributed by atoms with van der Waals surface area (Å²) in [5.41, 5.74) is -0.799. The molecule has 0 saturated heterocycles. The van der Waals surface area contributed by atoms with Crippen LogP contribution in [0.25, 0.3) is 0 Å². The molecule has 0 aliphatic heterocycles. The summed E-state index contributed by atoms with van der Waals surface area (Å²) < 4.78 is 8.80. The van der Waals surface area contributed by atoms with Crippen LogP contribution in [0.4, 0.5) is 0 Å². The molecule has 1 aromatic rings. The van der Waals surface area contributed by atoms with Crippen LogP contribution >= 0.6 is 22.6 Å². The standard InChI is InChI=1S/C13H21IN2O3/c1-5-7-15-9-10(14)11(17)16(12(15)18)8-6-13(2,3)19-4/h9H,5-8H2,1-4H3. The summed E-state index contributed by atoms with van der Waals surface area (Å²) in [6, 6.07) is 0. The smallest absolute Gasteiger partial charge is 0.331 e. The lowest BCUT2D eigenvalue weighted by atomic mass is 10.1. The molecular weight excluding hydrogens is 359 g/mol. The van der Waals surface area contributed by atoms with Crippen LogP contribution in [-0.4, -0.2) is 21.8 Å². The van der Waals surface area contributed by atoms with Crippen LogP contribution in [0.3, 0.4) is 0 Å². The molecule has 1 aromatic heterocycles. The van der Waals surface area contributed by atoms with Gasteiger partial charge in [0.05, 0.1) is 9.17 Å². The van der Waals surface area contributed by atoms with Crippen molar-refractivity contribution in [3.63, 3.8) is 0 Å². The number of methoxy groups -OCH3 is 1. The Labute approximate surface area is 126 Å². The van der Waals surface area contributed by atoms with Crippen molar-refractivity contribution in [3.05, 3.63) is 30.6 Å². The molecule has 6 heteroatoms. The third-order valence-electron chi connectivity index (χ3n) is 3.15. The fourth-order valence-corrected chi connectivity index (χ4v) is 2.33. The minimum Gasteiger partial charge on any atom is -0.379 e. The molecule has 0 N–H and O–H groups in total. The van der Waals surface area contributed by atoms with E-state index in [1.54, 1.807) is 17.9 Å². The maximum atomic E-state index is 12.2. The van der Waals surface area contributed by atoms with Gasteiger partial charge < -0.3 is 4.74 Å². The Morgan fingerprint density at radius 2 is 1.95 bits per heavy atom. The molecular formula is C13H21IN2O3. The summed E-state index contributed by atoms with van der Waals surface area (Å²) in [6.45, 7) is 6.89. The highest BCUT2D eigenvalue weighted by Gasteiger charge is 2.18. The fourth-order valence-electron chi connectivity index (χ4n) is 1.70. The molecule has 0 aromatic carbocycles. The zero-order valence-electron chi connectivity index (χ0n) is 11.9. The molecule has 0 fully saturated rings. The zero-order chi connectivity index (χ0) is 14.6. The van der Waals surface area contributed by atoms with E-state index in [0.29, 0.717) is 23.1 Å². The quantitative estimate of drug-likeness (QED) is 0.708. The third-order valence-corrected chi connectivity index (χ3v) is 3.89. The number of nitrogens with zero attached hydrogens (tertiary/aromatic N) is 2. The van der Waals surface area contributed by atoms with Crippen molar-refractivity contribution in [2.24, 2.45) is 0 Å². The lowest BCUT2D eigenvalue weighted by Gasteiger charge is -2.23. The predicted octanol–water partition coefficient (Wildman–Crippen LogP) is 1.84. The second-order valence-electron chi connectivity index (χ2n) is 5.12. The van der Waals surface area contributed by atoms with E-state index in [1.807, 2.05) is 43.4 Å². The van der Waals surface area contributed by atoms with Crippen molar-refractivity contribution in [1.82, 2.24) is 9.13 Å². The Morgan fingerprint density at radius 1 is 1.32 bits per heavy atom. The van der Waals surface area contributed by atoms with Gasteiger partial charge in [0.25, 0.3) is 5.56 Å². The summed E-state index contributed by atoms with van der Waals surface area (Å²) in [6.07, 6.45) is 3.11. The van der Waals surface area contributed by atoms with E-state index in [-0.39, 0.29) is 16.9 Å². The van der Waals surface area contributed by atoms with Crippen LogP contribution in [0.15, 0.2) is 15.8 Å². The van der Waals surface area contributed by atoms with Crippen molar-refractivity contribution in [2.75, 3.05) is 7.11 Å². The number of hydrogen-bond donors (Lipinski definition) is 0. The average Bonchev–Trinajstić information content (AvgIpc) is 2.36. The lowest BCUT2D eigenvalue weighted by molar-refractivity contribution is 0.0115. The van der Waals surface area contributed by atoms with Gasteiger partial charge >= 0.3 is 5.69 Å². The molecule has 0 amide bonds. The van der Waals surface area contributed by atoms with Crippen LogP contribution in [0, 0.1) is 3.57 Å². The molecule has 1 rings (SSSR count). The number of aryl methyl sites for hydroxylation is 1. The highest BCUT2D eigenvalue weighted by molar-refractivity contribution is 14.1. The molecule has 0 aliphatic rings. The minimum absolute atomic E-state index is 0.218. The monoisotopic (exact) mass is 380 g/mol. The molecule has 0 atom stereocenters. The van der Waals surface area contributed by atoms with E-state index in [4.69, 9.17) is 4.74 Å². The molecule has 19 heavy (non-hydrogen) atoms. The summed E-state index contributed by atoms with van der Waals surface area (Å²) >= 11 is 1.98. The maximum absolute atomic E-state index is 12.2. The van der Waals surface area contributed by atoms with Gasteiger partial charge in [0.1, 0.15) is 0 Å². The van der Waals surface area contributed by atoms with Crippen molar-refractivity contribution in [1.29, 1.82) is 0 Å². The lowest BCUT2D eigenvalue weighted by Crippen LogP contribution is -2.42. The van der Waals surface area contributed by atoms with Crippen LogP contribution in [-0.2, 0) is 17.8 Å². The average molecular weight is 380 g/mol. The van der Waals surface area contributed by atoms with Crippen LogP contribution in [0.5, 0.6) is 0 Å². The summed E-state index contributed by atoms with van der Waals surface area (Å²) in [5, 5.41) is 0. The Kier molecular flexibility index (Phi) is 5.79. The summed E-state index contributed by atoms with van der Waals surface area (Å²) in [7, 11) is 1.63. The first-order valence-corrected chi connectivity index (χ1v) is 7.45. The highest BCUT2D eigenvalue weighted by Crippen LogP contribution is 2.13. The molecule has 0 aliphatic carbocycles. The topological polar surface area (TPSA) is 53.2 Å². The first kappa shape index (κ1) is 16.4. The van der Waals surface area contributed by atoms with Crippen molar-refractivity contribution < 1.29 is 4.74 Å². The number of hydrogen-bond acceptors (Lipinski definition) is 3. The van der Waals surface area contributed by atoms with Gasteiger partial charge in [-0.25, -0.2) is 4.79 Å². The molecule has 0 spiro atoms. The molecule has 108 valence electrons. The highest BCUT2D eigenvalue weighted by atomic mass is 127. The first-order chi connectivity index (χ1) is 8.82. The second kappa shape index (κ2) is 6.69. The summed E-state index contributed by atoms with van der Waals surface area (Å²) in [4.78, 5) is 24.3. The van der Waals surface area contributed by atoms with Gasteiger partial charge in [-0.2, -0.15) is 0 Å². The minimum atomic E-state index is -0.345. The van der Waals surface area contributed by atoms with Crippen molar-refractivity contribution >= 4 is 22.6 Å². The Hall–Kier alpha value is -0.630. The summed E-state index contributed by atoms with van der Waals surface area (Å²) in [5.74, 6) is 0. The van der Waals surface area contributed by atoms with Crippen molar-refractivity contribution in [3.8, 4) is 0 Å². The Balaban J connectivity index is 3.13. The van der Waals surface area contributed by atoms with Crippen LogP contribution < -0.4 is 11.2 Å². The number of aromatic nitrogens is 2. The van der Waals surface area contributed by atoms with Gasteiger partial charge in [0.2, 0.25) is 0 Å². The van der Waals surface area contributed by atoms with E-state index < -0.39 is 0 Å². The first-order valence-electron chi connectivity index (χ1n) is 6.37. The molecule has 0 radical (unpaired) electrons. The van der Waals surface area contributed by atoms with E-state index >= 15 is 0 Å². The van der Waals surface area contributed by atoms with Gasteiger partial charge in [-0.1, -0.05) is 6.92 Å². The third kappa shape index (κ3) is 4.17. The van der Waals surface area contributed by atoms with Gasteiger partial charge in [-0.3, -0.25) is 13.9 Å². The van der Waals surface area contributed by atoms with Gasteiger partial charge in [0.15, 0.2) is 0 Å². The van der Waals surface area contributed by atoms with E-state index in [1.165, 1.54) is 4.57 Å². The number of rotatable bonds is 6. The van der Waals surface area contributed by atoms with Crippen LogP contribution in [0.2, 0.25) is 0 Å². The molecule has 5 nitrogen and oxygen atoms in total. The Morgan fingerprint density at radius 3 is 2.47 bits per heavy atom. The van der Waals surface area contributed by atoms with E-state index in [0.717, 1.165) is 6.42 Å².